The van der Waals surface area contributed by atoms with Gasteiger partial charge in [-0.3, -0.25) is 0 Å². The molecule has 4 rings (SSSR count). The number of nitrogens with two attached hydrogens (primary N) is 3. The van der Waals surface area contributed by atoms with Crippen molar-refractivity contribution in [2.75, 3.05) is 17.2 Å². The fourth-order valence-electron chi connectivity index (χ4n) is 3.57. The van der Waals surface area contributed by atoms with Crippen LogP contribution in [0.5, 0.6) is 0 Å². The molecule has 0 aliphatic heterocycles. The number of nitrogen functional groups attached to an aromatic ring is 3. The van der Waals surface area contributed by atoms with Gasteiger partial charge in [-0.05, 0) is 91.9 Å². The minimum atomic E-state index is -1.75. The van der Waals surface area contributed by atoms with E-state index in [1.165, 1.54) is 25.1 Å². The molecule has 4 aromatic carbocycles. The standard InChI is InChI=1S/C25H25N3S/c1-18-2-10-22(11-3-18)29(23-12-4-19(26)5-13-23,24-14-6-20(27)7-15-24)25-16-8-21(28)9-17-25/h2-17H,26-28H2,1H3. The number of hydrogen-bond acceptors (Lipinski definition) is 3. The molecule has 0 aliphatic carbocycles. The molecule has 0 heterocycles. The Hall–Kier alpha value is -3.37. The van der Waals surface area contributed by atoms with Crippen LogP contribution in [0.1, 0.15) is 5.56 Å². The molecule has 0 unspecified atom stereocenters. The van der Waals surface area contributed by atoms with Crippen LogP contribution >= 0.6 is 10.0 Å². The summed E-state index contributed by atoms with van der Waals surface area (Å²) >= 11 is 0. The molecule has 0 radical (unpaired) electrons. The monoisotopic (exact) mass is 399 g/mol. The first-order chi connectivity index (χ1) is 14.0. The van der Waals surface area contributed by atoms with Gasteiger partial charge in [0.05, 0.1) is 0 Å². The molecule has 0 aliphatic rings. The van der Waals surface area contributed by atoms with Crippen molar-refractivity contribution in [1.29, 1.82) is 0 Å². The second-order valence-corrected chi connectivity index (χ2v) is 10.2. The summed E-state index contributed by atoms with van der Waals surface area (Å²) in [5.41, 5.74) is 21.5. The summed E-state index contributed by atoms with van der Waals surface area (Å²) in [6.45, 7) is 2.11. The van der Waals surface area contributed by atoms with Gasteiger partial charge in [0.2, 0.25) is 0 Å². The molecule has 4 aromatic rings. The van der Waals surface area contributed by atoms with E-state index < -0.39 is 10.0 Å². The predicted octanol–water partition coefficient (Wildman–Crippen LogP) is 6.08. The minimum absolute atomic E-state index is 0.751. The van der Waals surface area contributed by atoms with Crippen molar-refractivity contribution in [2.45, 2.75) is 26.5 Å². The smallest absolute Gasteiger partial charge is 0.0314 e. The maximum atomic E-state index is 6.02. The first-order valence-corrected chi connectivity index (χ1v) is 11.1. The molecule has 0 aromatic heterocycles. The van der Waals surface area contributed by atoms with Gasteiger partial charge in [-0.1, -0.05) is 17.7 Å². The van der Waals surface area contributed by atoms with Gasteiger partial charge in [-0.2, -0.15) is 0 Å². The van der Waals surface area contributed by atoms with E-state index in [4.69, 9.17) is 17.2 Å². The summed E-state index contributed by atoms with van der Waals surface area (Å²) in [6, 6.07) is 33.4. The Morgan fingerprint density at radius 1 is 0.414 bits per heavy atom. The maximum absolute atomic E-state index is 6.02. The van der Waals surface area contributed by atoms with Crippen molar-refractivity contribution < 1.29 is 0 Å². The summed E-state index contributed by atoms with van der Waals surface area (Å²) in [5.74, 6) is 0. The summed E-state index contributed by atoms with van der Waals surface area (Å²) in [6.07, 6.45) is 0. The zero-order valence-electron chi connectivity index (χ0n) is 16.4. The molecule has 0 saturated carbocycles. The van der Waals surface area contributed by atoms with Crippen LogP contribution in [0.15, 0.2) is 117 Å². The van der Waals surface area contributed by atoms with Crippen LogP contribution in [0.4, 0.5) is 17.1 Å². The van der Waals surface area contributed by atoms with E-state index in [-0.39, 0.29) is 0 Å². The van der Waals surface area contributed by atoms with Gasteiger partial charge >= 0.3 is 0 Å². The predicted molar refractivity (Wildman–Crippen MR) is 124 cm³/mol. The third-order valence-corrected chi connectivity index (χ3v) is 8.99. The molecule has 4 heteroatoms. The lowest BCUT2D eigenvalue weighted by molar-refractivity contribution is 1.23. The third kappa shape index (κ3) is 3.43. The van der Waals surface area contributed by atoms with Gasteiger partial charge < -0.3 is 17.2 Å². The van der Waals surface area contributed by atoms with E-state index in [9.17, 15) is 0 Å². The summed E-state index contributed by atoms with van der Waals surface area (Å²) in [5, 5.41) is 0. The molecule has 0 amide bonds. The van der Waals surface area contributed by atoms with E-state index in [2.05, 4.69) is 67.6 Å². The zero-order valence-corrected chi connectivity index (χ0v) is 17.2. The van der Waals surface area contributed by atoms with Crippen LogP contribution in [0.2, 0.25) is 0 Å². The van der Waals surface area contributed by atoms with E-state index in [1.807, 2.05) is 36.4 Å². The number of hydrogen-bond donors (Lipinski definition) is 3. The molecule has 0 saturated heterocycles. The fourth-order valence-corrected chi connectivity index (χ4v) is 7.39. The van der Waals surface area contributed by atoms with Gasteiger partial charge in [0.1, 0.15) is 0 Å². The minimum Gasteiger partial charge on any atom is -0.399 e. The van der Waals surface area contributed by atoms with Crippen molar-refractivity contribution in [3.63, 3.8) is 0 Å². The Kier molecular flexibility index (Phi) is 4.95. The second-order valence-electron chi connectivity index (χ2n) is 7.13. The second kappa shape index (κ2) is 7.57. The average Bonchev–Trinajstić information content (AvgIpc) is 2.73. The fraction of sp³-hybridized carbons (Fsp3) is 0.0400. The van der Waals surface area contributed by atoms with Crippen LogP contribution in [0.3, 0.4) is 0 Å². The van der Waals surface area contributed by atoms with Crippen molar-refractivity contribution in [2.24, 2.45) is 0 Å². The first-order valence-electron chi connectivity index (χ1n) is 9.47. The molecule has 0 atom stereocenters. The van der Waals surface area contributed by atoms with Crippen molar-refractivity contribution in [3.05, 3.63) is 103 Å². The lowest BCUT2D eigenvalue weighted by Crippen LogP contribution is -2.06. The van der Waals surface area contributed by atoms with Gasteiger partial charge in [-0.25, -0.2) is 0 Å². The van der Waals surface area contributed by atoms with Gasteiger partial charge in [0.15, 0.2) is 0 Å². The van der Waals surface area contributed by atoms with Gasteiger partial charge in [0, 0.05) is 36.6 Å². The molecule has 29 heavy (non-hydrogen) atoms. The van der Waals surface area contributed by atoms with Gasteiger partial charge in [0.25, 0.3) is 0 Å². The molecule has 0 bridgehead atoms. The maximum Gasteiger partial charge on any atom is 0.0314 e. The number of anilines is 3. The summed E-state index contributed by atoms with van der Waals surface area (Å²) in [7, 11) is -1.75. The van der Waals surface area contributed by atoms with Crippen LogP contribution in [-0.2, 0) is 0 Å². The number of aryl methyl sites for hydroxylation is 1. The Morgan fingerprint density at radius 3 is 0.931 bits per heavy atom. The average molecular weight is 400 g/mol. The Bertz CT molecular complexity index is 913. The molecular formula is C25H25N3S. The normalized spacial score (nSPS) is 11.9. The Labute approximate surface area is 173 Å². The first kappa shape index (κ1) is 19.0. The Balaban J connectivity index is 2.11. The molecule has 146 valence electrons. The van der Waals surface area contributed by atoms with Gasteiger partial charge in [-0.15, -0.1) is 10.0 Å². The molecule has 0 fully saturated rings. The van der Waals surface area contributed by atoms with Crippen molar-refractivity contribution in [1.82, 2.24) is 0 Å². The highest BCUT2D eigenvalue weighted by Gasteiger charge is 2.33. The molecular weight excluding hydrogens is 374 g/mol. The lowest BCUT2D eigenvalue weighted by Gasteiger charge is -2.42. The Morgan fingerprint density at radius 2 is 0.655 bits per heavy atom. The summed E-state index contributed by atoms with van der Waals surface area (Å²) in [4.78, 5) is 4.89. The SMILES string of the molecule is Cc1ccc(S(c2ccc(N)cc2)(c2ccc(N)cc2)c2ccc(N)cc2)cc1. The van der Waals surface area contributed by atoms with E-state index in [1.54, 1.807) is 0 Å². The molecule has 0 spiro atoms. The van der Waals surface area contributed by atoms with Crippen LogP contribution in [0.25, 0.3) is 0 Å². The van der Waals surface area contributed by atoms with E-state index >= 15 is 0 Å². The third-order valence-electron chi connectivity index (χ3n) is 5.08. The molecule has 6 N–H and O–H groups in total. The highest BCUT2D eigenvalue weighted by atomic mass is 32.3. The summed E-state index contributed by atoms with van der Waals surface area (Å²) < 4.78 is 0. The highest BCUT2D eigenvalue weighted by molar-refractivity contribution is 8.34. The number of rotatable bonds is 4. The van der Waals surface area contributed by atoms with E-state index in [0.29, 0.717) is 0 Å². The van der Waals surface area contributed by atoms with Crippen molar-refractivity contribution >= 4 is 27.1 Å². The zero-order chi connectivity index (χ0) is 20.4. The highest BCUT2D eigenvalue weighted by Crippen LogP contribution is 2.73. The van der Waals surface area contributed by atoms with Crippen molar-refractivity contribution in [3.8, 4) is 0 Å². The van der Waals surface area contributed by atoms with Crippen LogP contribution in [-0.4, -0.2) is 0 Å². The number of benzene rings is 4. The molecule has 3 nitrogen and oxygen atoms in total. The van der Waals surface area contributed by atoms with Crippen LogP contribution in [0, 0.1) is 6.92 Å². The van der Waals surface area contributed by atoms with E-state index in [0.717, 1.165) is 17.1 Å². The lowest BCUT2D eigenvalue weighted by atomic mass is 10.2. The largest absolute Gasteiger partial charge is 0.399 e. The topological polar surface area (TPSA) is 78.1 Å². The quantitative estimate of drug-likeness (QED) is 0.364. The van der Waals surface area contributed by atoms with Crippen LogP contribution < -0.4 is 17.2 Å².